The Balaban J connectivity index is 1.66. The number of carbonyl (C=O) groups is 1. The lowest BCUT2D eigenvalue weighted by atomic mass is 10.1. The van der Waals surface area contributed by atoms with Gasteiger partial charge in [-0.15, -0.1) is 0 Å². The number of aryl methyl sites for hydroxylation is 3. The van der Waals surface area contributed by atoms with Crippen LogP contribution in [0.15, 0.2) is 28.9 Å². The summed E-state index contributed by atoms with van der Waals surface area (Å²) in [5, 5.41) is 11.0. The van der Waals surface area contributed by atoms with Crippen LogP contribution in [0.3, 0.4) is 0 Å². The quantitative estimate of drug-likeness (QED) is 0.717. The first-order chi connectivity index (χ1) is 12.9. The number of aromatic nitrogens is 4. The highest BCUT2D eigenvalue weighted by Gasteiger charge is 2.25. The smallest absolute Gasteiger partial charge is 0.276 e. The number of rotatable bonds is 6. The Labute approximate surface area is 157 Å². The molecule has 0 aromatic carbocycles. The average Bonchev–Trinajstić information content (AvgIpc) is 3.26. The zero-order valence-corrected chi connectivity index (χ0v) is 16.1. The van der Waals surface area contributed by atoms with Crippen LogP contribution >= 0.6 is 0 Å². The van der Waals surface area contributed by atoms with E-state index in [1.54, 1.807) is 24.2 Å². The molecule has 0 unspecified atom stereocenters. The predicted octanol–water partition coefficient (Wildman–Crippen LogP) is 3.13. The van der Waals surface area contributed by atoms with Crippen LogP contribution in [0.4, 0.5) is 0 Å². The summed E-state index contributed by atoms with van der Waals surface area (Å²) in [5.74, 6) is 0.867. The summed E-state index contributed by atoms with van der Waals surface area (Å²) < 4.78 is 10.8. The highest BCUT2D eigenvalue weighted by molar-refractivity contribution is 5.92. The molecule has 3 rings (SSSR count). The van der Waals surface area contributed by atoms with Gasteiger partial charge in [0, 0.05) is 30.1 Å². The molecule has 1 N–H and O–H groups in total. The van der Waals surface area contributed by atoms with Crippen LogP contribution in [0.5, 0.6) is 5.75 Å². The second kappa shape index (κ2) is 7.61. The highest BCUT2D eigenvalue weighted by atomic mass is 16.5. The molecule has 8 nitrogen and oxygen atoms in total. The maximum Gasteiger partial charge on any atom is 0.276 e. The van der Waals surface area contributed by atoms with Gasteiger partial charge in [0.1, 0.15) is 12.4 Å². The van der Waals surface area contributed by atoms with Crippen molar-refractivity contribution in [2.45, 2.75) is 40.3 Å². The van der Waals surface area contributed by atoms with Crippen LogP contribution in [0.2, 0.25) is 0 Å². The zero-order chi connectivity index (χ0) is 19.6. The molecule has 8 heteroatoms. The molecular weight excluding hydrogens is 346 g/mol. The number of carbonyl (C=O) groups excluding carboxylic acids is 1. The average molecular weight is 369 g/mol. The molecule has 0 radical (unpaired) electrons. The summed E-state index contributed by atoms with van der Waals surface area (Å²) in [6.45, 7) is 7.89. The van der Waals surface area contributed by atoms with E-state index in [9.17, 15) is 4.79 Å². The molecule has 3 aromatic heterocycles. The third-order valence-corrected chi connectivity index (χ3v) is 4.55. The maximum absolute atomic E-state index is 12.8. The highest BCUT2D eigenvalue weighted by Crippen LogP contribution is 2.25. The fraction of sp³-hybridized carbons (Fsp3) is 0.368. The van der Waals surface area contributed by atoms with Gasteiger partial charge in [0.05, 0.1) is 17.9 Å². The second-order valence-electron chi connectivity index (χ2n) is 6.54. The minimum Gasteiger partial charge on any atom is -0.484 e. The van der Waals surface area contributed by atoms with Gasteiger partial charge < -0.3 is 14.2 Å². The van der Waals surface area contributed by atoms with Crippen molar-refractivity contribution in [1.82, 2.24) is 25.2 Å². The van der Waals surface area contributed by atoms with E-state index in [1.807, 2.05) is 39.8 Å². The monoisotopic (exact) mass is 369 g/mol. The molecule has 0 aliphatic carbocycles. The van der Waals surface area contributed by atoms with E-state index >= 15 is 0 Å². The molecule has 1 atom stereocenters. The normalized spacial score (nSPS) is 12.0. The lowest BCUT2D eigenvalue weighted by molar-refractivity contribution is 0.0731. The Hall–Kier alpha value is -3.16. The largest absolute Gasteiger partial charge is 0.484 e. The molecule has 1 amide bonds. The van der Waals surface area contributed by atoms with E-state index in [1.165, 1.54) is 0 Å². The van der Waals surface area contributed by atoms with Gasteiger partial charge in [-0.3, -0.25) is 14.9 Å². The van der Waals surface area contributed by atoms with Crippen molar-refractivity contribution >= 4 is 5.91 Å². The van der Waals surface area contributed by atoms with E-state index in [-0.39, 0.29) is 24.2 Å². The van der Waals surface area contributed by atoms with Crippen LogP contribution in [0, 0.1) is 20.8 Å². The first-order valence-corrected chi connectivity index (χ1v) is 8.66. The van der Waals surface area contributed by atoms with Crippen molar-refractivity contribution in [1.29, 1.82) is 0 Å². The van der Waals surface area contributed by atoms with E-state index in [4.69, 9.17) is 9.26 Å². The third kappa shape index (κ3) is 3.99. The molecule has 3 heterocycles. The van der Waals surface area contributed by atoms with Crippen LogP contribution in [-0.4, -0.2) is 38.2 Å². The Morgan fingerprint density at radius 3 is 2.74 bits per heavy atom. The molecule has 0 saturated carbocycles. The number of hydrogen-bond donors (Lipinski definition) is 1. The van der Waals surface area contributed by atoms with Crippen LogP contribution in [-0.2, 0) is 6.61 Å². The zero-order valence-electron chi connectivity index (χ0n) is 16.1. The standard InChI is InChI=1S/C19H23N5O3/c1-11-6-7-15(9-20-11)26-10-16-8-17(23-27-16)19(25)24(5)14(4)18-12(2)21-22-13(18)3/h6-9,14H,10H2,1-5H3,(H,21,22)/t14-/m1/s1. The lowest BCUT2D eigenvalue weighted by Gasteiger charge is -2.24. The van der Waals surface area contributed by atoms with E-state index in [0.29, 0.717) is 11.5 Å². The number of ether oxygens (including phenoxy) is 1. The molecule has 0 bridgehead atoms. The van der Waals surface area contributed by atoms with Crippen molar-refractivity contribution in [3.8, 4) is 5.75 Å². The molecule has 0 spiro atoms. The summed E-state index contributed by atoms with van der Waals surface area (Å²) in [6, 6.07) is 5.14. The Morgan fingerprint density at radius 1 is 1.33 bits per heavy atom. The first-order valence-electron chi connectivity index (χ1n) is 8.66. The Bertz CT molecular complexity index is 910. The van der Waals surface area contributed by atoms with Crippen LogP contribution in [0.1, 0.15) is 51.9 Å². The van der Waals surface area contributed by atoms with Crippen molar-refractivity contribution in [3.63, 3.8) is 0 Å². The summed E-state index contributed by atoms with van der Waals surface area (Å²) in [6.07, 6.45) is 1.64. The van der Waals surface area contributed by atoms with Crippen LogP contribution in [0.25, 0.3) is 0 Å². The summed E-state index contributed by atoms with van der Waals surface area (Å²) in [5.41, 5.74) is 3.98. The van der Waals surface area contributed by atoms with Crippen molar-refractivity contribution < 1.29 is 14.1 Å². The van der Waals surface area contributed by atoms with Gasteiger partial charge in [0.15, 0.2) is 11.5 Å². The summed E-state index contributed by atoms with van der Waals surface area (Å²) in [7, 11) is 1.74. The minimum atomic E-state index is -0.227. The van der Waals surface area contributed by atoms with Gasteiger partial charge in [0.2, 0.25) is 0 Å². The number of aromatic amines is 1. The molecule has 0 saturated heterocycles. The fourth-order valence-corrected chi connectivity index (χ4v) is 2.90. The first kappa shape index (κ1) is 18.6. The molecule has 3 aromatic rings. The molecule has 0 fully saturated rings. The Morgan fingerprint density at radius 2 is 2.11 bits per heavy atom. The topological polar surface area (TPSA) is 97.1 Å². The van der Waals surface area contributed by atoms with Gasteiger partial charge in [-0.1, -0.05) is 5.16 Å². The van der Waals surface area contributed by atoms with Gasteiger partial charge in [-0.25, -0.2) is 0 Å². The molecule has 142 valence electrons. The van der Waals surface area contributed by atoms with Gasteiger partial charge in [0.25, 0.3) is 5.91 Å². The summed E-state index contributed by atoms with van der Waals surface area (Å²) in [4.78, 5) is 18.5. The van der Waals surface area contributed by atoms with Crippen molar-refractivity contribution in [2.24, 2.45) is 0 Å². The SMILES string of the molecule is Cc1ccc(OCc2cc(C(=O)N(C)[C@H](C)c3c(C)n[nH]c3C)no2)cn1. The van der Waals surface area contributed by atoms with Crippen molar-refractivity contribution in [3.05, 3.63) is 58.5 Å². The lowest BCUT2D eigenvalue weighted by Crippen LogP contribution is -2.30. The number of hydrogen-bond acceptors (Lipinski definition) is 6. The number of amides is 1. The summed E-state index contributed by atoms with van der Waals surface area (Å²) >= 11 is 0. The molecular formula is C19H23N5O3. The number of nitrogens with one attached hydrogen (secondary N) is 1. The van der Waals surface area contributed by atoms with Gasteiger partial charge in [-0.2, -0.15) is 5.10 Å². The molecule has 27 heavy (non-hydrogen) atoms. The molecule has 0 aliphatic rings. The number of pyridine rings is 1. The fourth-order valence-electron chi connectivity index (χ4n) is 2.90. The number of H-pyrrole nitrogens is 1. The molecule has 0 aliphatic heterocycles. The van der Waals surface area contributed by atoms with Crippen molar-refractivity contribution in [2.75, 3.05) is 7.05 Å². The van der Waals surface area contributed by atoms with E-state index in [0.717, 1.165) is 22.6 Å². The third-order valence-electron chi connectivity index (χ3n) is 4.55. The Kier molecular flexibility index (Phi) is 5.25. The second-order valence-corrected chi connectivity index (χ2v) is 6.54. The maximum atomic E-state index is 12.8. The van der Waals surface area contributed by atoms with E-state index < -0.39 is 0 Å². The van der Waals surface area contributed by atoms with Gasteiger partial charge >= 0.3 is 0 Å². The predicted molar refractivity (Wildman–Crippen MR) is 98.4 cm³/mol. The minimum absolute atomic E-state index is 0.147. The van der Waals surface area contributed by atoms with E-state index in [2.05, 4.69) is 20.3 Å². The van der Waals surface area contributed by atoms with Crippen LogP contribution < -0.4 is 4.74 Å². The number of nitrogens with zero attached hydrogens (tertiary/aromatic N) is 4. The van der Waals surface area contributed by atoms with Gasteiger partial charge in [-0.05, 0) is 39.8 Å².